The molecule has 0 aromatic rings. The quantitative estimate of drug-likeness (QED) is 0.487. The number of epoxide rings is 1. The summed E-state index contributed by atoms with van der Waals surface area (Å²) >= 11 is 0. The molecular weight excluding hydrogens is 174 g/mol. The summed E-state index contributed by atoms with van der Waals surface area (Å²) in [6.07, 6.45) is 7.69. The van der Waals surface area contributed by atoms with Gasteiger partial charge in [0.15, 0.2) is 0 Å². The van der Waals surface area contributed by atoms with Crippen molar-refractivity contribution in [1.82, 2.24) is 0 Å². The number of quaternary nitrogens is 1. The minimum atomic E-state index is 0.616. The van der Waals surface area contributed by atoms with Crippen LogP contribution >= 0.6 is 0 Å². The molecule has 2 aliphatic rings. The van der Waals surface area contributed by atoms with Crippen molar-refractivity contribution in [3.8, 4) is 0 Å². The molecule has 2 heterocycles. The maximum Gasteiger partial charge on any atom is 0.130 e. The van der Waals surface area contributed by atoms with Gasteiger partial charge in [-0.1, -0.05) is 13.3 Å². The van der Waals surface area contributed by atoms with Crippen molar-refractivity contribution in [1.29, 1.82) is 0 Å². The SMILES string of the molecule is CCCC[N+]1(CC2CO2)CCCCC1. The molecule has 0 aromatic carbocycles. The van der Waals surface area contributed by atoms with E-state index < -0.39 is 0 Å². The van der Waals surface area contributed by atoms with Crippen LogP contribution in [0.25, 0.3) is 0 Å². The van der Waals surface area contributed by atoms with Crippen LogP contribution in [0.2, 0.25) is 0 Å². The Morgan fingerprint density at radius 3 is 2.50 bits per heavy atom. The van der Waals surface area contributed by atoms with Crippen LogP contribution in [-0.2, 0) is 4.74 Å². The van der Waals surface area contributed by atoms with Crippen LogP contribution in [0.5, 0.6) is 0 Å². The molecule has 2 aliphatic heterocycles. The van der Waals surface area contributed by atoms with Gasteiger partial charge in [-0.05, 0) is 25.7 Å². The van der Waals surface area contributed by atoms with Crippen LogP contribution in [0.1, 0.15) is 39.0 Å². The van der Waals surface area contributed by atoms with E-state index in [9.17, 15) is 0 Å². The average molecular weight is 198 g/mol. The highest BCUT2D eigenvalue weighted by molar-refractivity contribution is 4.70. The lowest BCUT2D eigenvalue weighted by molar-refractivity contribution is -0.933. The first-order chi connectivity index (χ1) is 6.85. The van der Waals surface area contributed by atoms with Crippen molar-refractivity contribution in [3.05, 3.63) is 0 Å². The molecule has 2 heteroatoms. The minimum absolute atomic E-state index is 0.616. The topological polar surface area (TPSA) is 12.5 Å². The van der Waals surface area contributed by atoms with Gasteiger partial charge < -0.3 is 9.22 Å². The molecule has 2 nitrogen and oxygen atoms in total. The van der Waals surface area contributed by atoms with E-state index in [0.717, 1.165) is 6.61 Å². The molecule has 0 radical (unpaired) electrons. The normalized spacial score (nSPS) is 30.2. The van der Waals surface area contributed by atoms with Gasteiger partial charge in [0.2, 0.25) is 0 Å². The Bertz CT molecular complexity index is 171. The molecule has 0 spiro atoms. The predicted molar refractivity (Wildman–Crippen MR) is 58.2 cm³/mol. The van der Waals surface area contributed by atoms with Gasteiger partial charge in [-0.15, -0.1) is 0 Å². The van der Waals surface area contributed by atoms with E-state index in [4.69, 9.17) is 4.74 Å². The maximum atomic E-state index is 5.40. The van der Waals surface area contributed by atoms with Crippen LogP contribution < -0.4 is 0 Å². The van der Waals surface area contributed by atoms with E-state index in [1.807, 2.05) is 0 Å². The van der Waals surface area contributed by atoms with Gasteiger partial charge in [-0.2, -0.15) is 0 Å². The van der Waals surface area contributed by atoms with Crippen molar-refractivity contribution in [3.63, 3.8) is 0 Å². The van der Waals surface area contributed by atoms with Crippen LogP contribution in [0.15, 0.2) is 0 Å². The van der Waals surface area contributed by atoms with E-state index in [2.05, 4.69) is 6.92 Å². The van der Waals surface area contributed by atoms with E-state index in [-0.39, 0.29) is 0 Å². The third-order valence-electron chi connectivity index (χ3n) is 3.74. The van der Waals surface area contributed by atoms with Crippen LogP contribution in [0, 0.1) is 0 Å². The molecule has 2 fully saturated rings. The van der Waals surface area contributed by atoms with Gasteiger partial charge in [0.25, 0.3) is 0 Å². The van der Waals surface area contributed by atoms with Gasteiger partial charge in [-0.25, -0.2) is 0 Å². The summed E-state index contributed by atoms with van der Waals surface area (Å²) in [7, 11) is 0. The summed E-state index contributed by atoms with van der Waals surface area (Å²) in [6, 6.07) is 0. The van der Waals surface area contributed by atoms with E-state index in [1.165, 1.54) is 62.8 Å². The monoisotopic (exact) mass is 198 g/mol. The summed E-state index contributed by atoms with van der Waals surface area (Å²) in [4.78, 5) is 0. The second-order valence-corrected chi connectivity index (χ2v) is 5.06. The number of ether oxygens (including phenoxy) is 1. The molecule has 0 amide bonds. The third-order valence-corrected chi connectivity index (χ3v) is 3.74. The summed E-state index contributed by atoms with van der Waals surface area (Å²) in [5.74, 6) is 0. The average Bonchev–Trinajstić information content (AvgIpc) is 3.00. The summed E-state index contributed by atoms with van der Waals surface area (Å²) in [5, 5.41) is 0. The van der Waals surface area contributed by atoms with Crippen LogP contribution in [-0.4, -0.2) is 43.4 Å². The zero-order valence-electron chi connectivity index (χ0n) is 9.50. The molecule has 0 N–H and O–H groups in total. The van der Waals surface area contributed by atoms with Crippen molar-refractivity contribution in [2.45, 2.75) is 45.1 Å². The number of nitrogens with zero attached hydrogens (tertiary/aromatic N) is 1. The van der Waals surface area contributed by atoms with E-state index in [1.54, 1.807) is 0 Å². The van der Waals surface area contributed by atoms with Gasteiger partial charge in [0.05, 0.1) is 26.2 Å². The molecule has 82 valence electrons. The van der Waals surface area contributed by atoms with E-state index >= 15 is 0 Å². The lowest BCUT2D eigenvalue weighted by Crippen LogP contribution is -2.54. The number of unbranched alkanes of at least 4 members (excludes halogenated alkanes) is 1. The number of hydrogen-bond acceptors (Lipinski definition) is 1. The second-order valence-electron chi connectivity index (χ2n) is 5.06. The summed E-state index contributed by atoms with van der Waals surface area (Å²) in [6.45, 7) is 8.87. The van der Waals surface area contributed by atoms with Gasteiger partial charge >= 0.3 is 0 Å². The highest BCUT2D eigenvalue weighted by atomic mass is 16.6. The largest absolute Gasteiger partial charge is 0.367 e. The number of piperidine rings is 1. The van der Waals surface area contributed by atoms with E-state index in [0.29, 0.717) is 6.10 Å². The molecular formula is C12H24NO+. The van der Waals surface area contributed by atoms with Crippen LogP contribution in [0.3, 0.4) is 0 Å². The van der Waals surface area contributed by atoms with Gasteiger partial charge in [0.1, 0.15) is 12.6 Å². The summed E-state index contributed by atoms with van der Waals surface area (Å²) in [5.41, 5.74) is 0. The lowest BCUT2D eigenvalue weighted by Gasteiger charge is -2.41. The Hall–Kier alpha value is -0.0800. The molecule has 0 aliphatic carbocycles. The summed E-state index contributed by atoms with van der Waals surface area (Å²) < 4.78 is 6.77. The Morgan fingerprint density at radius 1 is 1.21 bits per heavy atom. The fourth-order valence-electron chi connectivity index (χ4n) is 2.78. The van der Waals surface area contributed by atoms with Crippen molar-refractivity contribution < 1.29 is 9.22 Å². The highest BCUT2D eigenvalue weighted by Gasteiger charge is 2.37. The molecule has 2 saturated heterocycles. The number of hydrogen-bond donors (Lipinski definition) is 0. The zero-order chi connectivity index (χ0) is 9.86. The fraction of sp³-hybridized carbons (Fsp3) is 1.00. The second kappa shape index (κ2) is 4.63. The minimum Gasteiger partial charge on any atom is -0.367 e. The highest BCUT2D eigenvalue weighted by Crippen LogP contribution is 2.24. The molecule has 1 unspecified atom stereocenters. The first-order valence-corrected chi connectivity index (χ1v) is 6.31. The lowest BCUT2D eigenvalue weighted by atomic mass is 10.1. The molecule has 0 saturated carbocycles. The Labute approximate surface area is 87.8 Å². The Kier molecular flexibility index (Phi) is 3.45. The molecule has 1 atom stereocenters. The van der Waals surface area contributed by atoms with Gasteiger partial charge in [0, 0.05) is 0 Å². The Morgan fingerprint density at radius 2 is 1.93 bits per heavy atom. The molecule has 0 bridgehead atoms. The first kappa shape index (κ1) is 10.4. The Balaban J connectivity index is 1.86. The first-order valence-electron chi connectivity index (χ1n) is 6.31. The molecule has 2 rings (SSSR count). The number of likely N-dealkylation sites (tertiary alicyclic amines) is 1. The fourth-order valence-corrected chi connectivity index (χ4v) is 2.78. The van der Waals surface area contributed by atoms with Gasteiger partial charge in [-0.3, -0.25) is 0 Å². The number of rotatable bonds is 5. The third kappa shape index (κ3) is 2.71. The molecule has 14 heavy (non-hydrogen) atoms. The van der Waals surface area contributed by atoms with Crippen LogP contribution in [0.4, 0.5) is 0 Å². The van der Waals surface area contributed by atoms with Crippen molar-refractivity contribution >= 4 is 0 Å². The predicted octanol–water partition coefficient (Wildman–Crippen LogP) is 2.19. The standard InChI is InChI=1S/C12H24NO/c1-2-3-7-13(10-12-11-14-12)8-5-4-6-9-13/h12H,2-11H2,1H3/q+1. The van der Waals surface area contributed by atoms with Crippen molar-refractivity contribution in [2.24, 2.45) is 0 Å². The van der Waals surface area contributed by atoms with Crippen molar-refractivity contribution in [2.75, 3.05) is 32.8 Å². The molecule has 0 aromatic heterocycles. The maximum absolute atomic E-state index is 5.40. The zero-order valence-corrected chi connectivity index (χ0v) is 9.50. The smallest absolute Gasteiger partial charge is 0.130 e.